The number of amides is 1. The smallest absolute Gasteiger partial charge is 0.292 e. The summed E-state index contributed by atoms with van der Waals surface area (Å²) in [5.74, 6) is 0.745. The van der Waals surface area contributed by atoms with E-state index in [-0.39, 0.29) is 22.4 Å². The number of pyridine rings is 1. The molecule has 1 aliphatic rings. The van der Waals surface area contributed by atoms with Gasteiger partial charge in [-0.05, 0) is 54.8 Å². The van der Waals surface area contributed by atoms with Crippen LogP contribution in [-0.4, -0.2) is 28.9 Å². The van der Waals surface area contributed by atoms with Crippen LogP contribution in [0, 0.1) is 16.0 Å². The molecule has 1 N–H and O–H groups in total. The van der Waals surface area contributed by atoms with Gasteiger partial charge in [0.15, 0.2) is 0 Å². The normalized spacial score (nSPS) is 14.2. The standard InChI is InChI=1S/C24H24N4O3S/c29-24(19-11-14-27(15-12-19)22-5-1-2-6-23(22)28(30)31)26-20-7-9-21(10-8-20)32-17-18-4-3-13-25-16-18/h1-10,13,16,19H,11-12,14-15,17H2,(H,26,29). The van der Waals surface area contributed by atoms with Crippen LogP contribution in [-0.2, 0) is 10.5 Å². The van der Waals surface area contributed by atoms with Gasteiger partial charge in [-0.3, -0.25) is 19.9 Å². The molecule has 0 spiro atoms. The van der Waals surface area contributed by atoms with E-state index in [9.17, 15) is 14.9 Å². The maximum atomic E-state index is 12.7. The number of hydrogen-bond acceptors (Lipinski definition) is 6. The summed E-state index contributed by atoms with van der Waals surface area (Å²) >= 11 is 1.72. The number of benzene rings is 2. The summed E-state index contributed by atoms with van der Waals surface area (Å²) in [4.78, 5) is 30.9. The van der Waals surface area contributed by atoms with Gasteiger partial charge in [0.25, 0.3) is 5.69 Å². The molecule has 32 heavy (non-hydrogen) atoms. The lowest BCUT2D eigenvalue weighted by molar-refractivity contribution is -0.384. The van der Waals surface area contributed by atoms with Gasteiger partial charge in [-0.15, -0.1) is 11.8 Å². The van der Waals surface area contributed by atoms with Crippen molar-refractivity contribution >= 4 is 34.7 Å². The fourth-order valence-electron chi connectivity index (χ4n) is 3.80. The predicted molar refractivity (Wildman–Crippen MR) is 127 cm³/mol. The van der Waals surface area contributed by atoms with Gasteiger partial charge < -0.3 is 10.2 Å². The Labute approximate surface area is 191 Å². The number of carbonyl (C=O) groups excluding carboxylic acids is 1. The number of nitro groups is 1. The lowest BCUT2D eigenvalue weighted by Crippen LogP contribution is -2.38. The number of hydrogen-bond donors (Lipinski definition) is 1. The molecule has 8 heteroatoms. The van der Waals surface area contributed by atoms with Crippen molar-refractivity contribution < 1.29 is 9.72 Å². The van der Waals surface area contributed by atoms with Gasteiger partial charge in [0.1, 0.15) is 5.69 Å². The Morgan fingerprint density at radius 2 is 1.84 bits per heavy atom. The van der Waals surface area contributed by atoms with Crippen LogP contribution in [0.5, 0.6) is 0 Å². The molecule has 3 aromatic rings. The second-order valence-corrected chi connectivity index (χ2v) is 8.72. The fraction of sp³-hybridized carbons (Fsp3) is 0.250. The number of aromatic nitrogens is 1. The van der Waals surface area contributed by atoms with Gasteiger partial charge in [0.2, 0.25) is 5.91 Å². The average molecular weight is 449 g/mol. The Kier molecular flexibility index (Phi) is 7.01. The summed E-state index contributed by atoms with van der Waals surface area (Å²) in [5.41, 5.74) is 2.68. The third-order valence-electron chi connectivity index (χ3n) is 5.54. The van der Waals surface area contributed by atoms with Crippen molar-refractivity contribution in [2.45, 2.75) is 23.5 Å². The Hall–Kier alpha value is -3.39. The molecule has 1 aromatic heterocycles. The van der Waals surface area contributed by atoms with Crippen LogP contribution in [0.4, 0.5) is 17.1 Å². The second-order valence-electron chi connectivity index (χ2n) is 7.67. The van der Waals surface area contributed by atoms with Crippen molar-refractivity contribution in [2.75, 3.05) is 23.3 Å². The zero-order valence-corrected chi connectivity index (χ0v) is 18.3. The van der Waals surface area contributed by atoms with Crippen LogP contribution in [0.3, 0.4) is 0 Å². The van der Waals surface area contributed by atoms with Crippen molar-refractivity contribution in [1.29, 1.82) is 0 Å². The molecule has 0 saturated carbocycles. The van der Waals surface area contributed by atoms with E-state index in [0.717, 1.165) is 16.3 Å². The Bertz CT molecular complexity index is 1070. The summed E-state index contributed by atoms with van der Waals surface area (Å²) in [6.45, 7) is 1.24. The summed E-state index contributed by atoms with van der Waals surface area (Å²) < 4.78 is 0. The Morgan fingerprint density at radius 1 is 1.09 bits per heavy atom. The third-order valence-corrected chi connectivity index (χ3v) is 6.62. The van der Waals surface area contributed by atoms with Crippen molar-refractivity contribution in [2.24, 2.45) is 5.92 Å². The highest BCUT2D eigenvalue weighted by Crippen LogP contribution is 2.31. The minimum absolute atomic E-state index is 0.00275. The van der Waals surface area contributed by atoms with Crippen LogP contribution in [0.25, 0.3) is 0 Å². The third kappa shape index (κ3) is 5.45. The summed E-state index contributed by atoms with van der Waals surface area (Å²) in [5, 5.41) is 14.3. The number of para-hydroxylation sites is 2. The number of nitrogens with zero attached hydrogens (tertiary/aromatic N) is 3. The van der Waals surface area contributed by atoms with E-state index in [2.05, 4.69) is 16.4 Å². The van der Waals surface area contributed by atoms with E-state index in [0.29, 0.717) is 31.6 Å². The highest BCUT2D eigenvalue weighted by Gasteiger charge is 2.28. The van der Waals surface area contributed by atoms with E-state index in [1.165, 1.54) is 11.6 Å². The molecule has 0 unspecified atom stereocenters. The SMILES string of the molecule is O=C(Nc1ccc(SCc2cccnc2)cc1)C1CCN(c2ccccc2[N+](=O)[O-])CC1. The largest absolute Gasteiger partial charge is 0.366 e. The highest BCUT2D eigenvalue weighted by molar-refractivity contribution is 7.98. The second kappa shape index (κ2) is 10.3. The zero-order chi connectivity index (χ0) is 22.3. The number of anilines is 2. The molecular formula is C24H24N4O3S. The van der Waals surface area contributed by atoms with Crippen molar-refractivity contribution in [1.82, 2.24) is 4.98 Å². The molecule has 1 saturated heterocycles. The minimum Gasteiger partial charge on any atom is -0.366 e. The first-order valence-electron chi connectivity index (χ1n) is 10.5. The molecule has 1 fully saturated rings. The van der Waals surface area contributed by atoms with Gasteiger partial charge in [-0.2, -0.15) is 0 Å². The first-order chi connectivity index (χ1) is 15.6. The molecule has 2 aromatic carbocycles. The van der Waals surface area contributed by atoms with Crippen LogP contribution < -0.4 is 10.2 Å². The topological polar surface area (TPSA) is 88.4 Å². The summed E-state index contributed by atoms with van der Waals surface area (Å²) in [7, 11) is 0. The van der Waals surface area contributed by atoms with Gasteiger partial charge in [-0.1, -0.05) is 18.2 Å². The van der Waals surface area contributed by atoms with Crippen molar-refractivity contribution in [3.05, 3.63) is 88.7 Å². The molecule has 0 atom stereocenters. The predicted octanol–water partition coefficient (Wildman–Crippen LogP) is 5.14. The number of nitrogens with one attached hydrogen (secondary N) is 1. The number of piperidine rings is 1. The number of carbonyl (C=O) groups is 1. The van der Waals surface area contributed by atoms with E-state index >= 15 is 0 Å². The number of thioether (sulfide) groups is 1. The van der Waals surface area contributed by atoms with E-state index in [4.69, 9.17) is 0 Å². The lowest BCUT2D eigenvalue weighted by atomic mass is 9.95. The molecule has 7 nitrogen and oxygen atoms in total. The molecule has 0 bridgehead atoms. The highest BCUT2D eigenvalue weighted by atomic mass is 32.2. The fourth-order valence-corrected chi connectivity index (χ4v) is 4.63. The molecule has 164 valence electrons. The van der Waals surface area contributed by atoms with E-state index in [1.54, 1.807) is 36.2 Å². The van der Waals surface area contributed by atoms with Crippen molar-refractivity contribution in [3.8, 4) is 0 Å². The molecule has 0 aliphatic carbocycles. The van der Waals surface area contributed by atoms with Crippen LogP contribution in [0.15, 0.2) is 78.0 Å². The van der Waals surface area contributed by atoms with Gasteiger partial charge in [0.05, 0.1) is 4.92 Å². The maximum Gasteiger partial charge on any atom is 0.292 e. The van der Waals surface area contributed by atoms with E-state index < -0.39 is 0 Å². The first kappa shape index (κ1) is 21.8. The monoisotopic (exact) mass is 448 g/mol. The maximum absolute atomic E-state index is 12.7. The van der Waals surface area contributed by atoms with Gasteiger partial charge >= 0.3 is 0 Å². The van der Waals surface area contributed by atoms with E-state index in [1.807, 2.05) is 41.4 Å². The molecular weight excluding hydrogens is 424 g/mol. The van der Waals surface area contributed by atoms with Crippen LogP contribution in [0.1, 0.15) is 18.4 Å². The molecule has 1 aliphatic heterocycles. The van der Waals surface area contributed by atoms with Gasteiger partial charge in [-0.25, -0.2) is 0 Å². The zero-order valence-electron chi connectivity index (χ0n) is 17.5. The lowest BCUT2D eigenvalue weighted by Gasteiger charge is -2.32. The van der Waals surface area contributed by atoms with Crippen molar-refractivity contribution in [3.63, 3.8) is 0 Å². The Balaban J connectivity index is 1.28. The summed E-state index contributed by atoms with van der Waals surface area (Å²) in [6, 6.07) is 18.6. The molecule has 2 heterocycles. The number of rotatable bonds is 7. The Morgan fingerprint density at radius 3 is 2.53 bits per heavy atom. The molecule has 4 rings (SSSR count). The van der Waals surface area contributed by atoms with Crippen LogP contribution >= 0.6 is 11.8 Å². The number of nitro benzene ring substituents is 1. The van der Waals surface area contributed by atoms with Gasteiger partial charge in [0, 0.05) is 53.8 Å². The minimum atomic E-state index is -0.354. The molecule has 1 amide bonds. The quantitative estimate of drug-likeness (QED) is 0.306. The first-order valence-corrected chi connectivity index (χ1v) is 11.5. The molecule has 0 radical (unpaired) electrons. The van der Waals surface area contributed by atoms with Crippen LogP contribution in [0.2, 0.25) is 0 Å². The summed E-state index contributed by atoms with van der Waals surface area (Å²) in [6.07, 6.45) is 4.96. The average Bonchev–Trinajstić information content (AvgIpc) is 2.84.